The molecule has 0 radical (unpaired) electrons. The maximum absolute atomic E-state index is 9.16. The van der Waals surface area contributed by atoms with Gasteiger partial charge in [0.25, 0.3) is 0 Å². The molecule has 1 aromatic carbocycles. The van der Waals surface area contributed by atoms with Crippen molar-refractivity contribution in [3.05, 3.63) is 41.3 Å². The van der Waals surface area contributed by atoms with Gasteiger partial charge in [-0.25, -0.2) is 0 Å². The highest BCUT2D eigenvalue weighted by Gasteiger charge is 2.09. The van der Waals surface area contributed by atoms with Gasteiger partial charge in [-0.3, -0.25) is 0 Å². The molecule has 0 bridgehead atoms. The SMILES string of the molecule is COC([SiH2]O)=C(OC)c1ccccc1. The van der Waals surface area contributed by atoms with Crippen LogP contribution in [0.4, 0.5) is 0 Å². The van der Waals surface area contributed by atoms with Crippen molar-refractivity contribution in [1.29, 1.82) is 0 Å². The van der Waals surface area contributed by atoms with Crippen LogP contribution in [0.25, 0.3) is 5.76 Å². The molecule has 1 rings (SSSR count). The molecule has 0 aromatic heterocycles. The Morgan fingerprint density at radius 3 is 2.21 bits per heavy atom. The van der Waals surface area contributed by atoms with Crippen molar-refractivity contribution < 1.29 is 14.3 Å². The van der Waals surface area contributed by atoms with Gasteiger partial charge in [-0.1, -0.05) is 30.3 Å². The van der Waals surface area contributed by atoms with E-state index in [1.54, 1.807) is 14.2 Å². The Morgan fingerprint density at radius 1 is 1.14 bits per heavy atom. The largest absolute Gasteiger partial charge is 0.500 e. The Balaban J connectivity index is 3.09. The molecule has 0 aliphatic heterocycles. The normalized spacial score (nSPS) is 12.8. The Bertz CT molecular complexity index is 302. The topological polar surface area (TPSA) is 38.7 Å². The Kier molecular flexibility index (Phi) is 4.22. The standard InChI is InChI=1S/C10H14O3Si/c1-12-9(10(13-2)14-11)8-6-4-3-5-7-8/h3-7,11H,14H2,1-2H3. The molecule has 0 atom stereocenters. The molecule has 0 saturated heterocycles. The van der Waals surface area contributed by atoms with Crippen molar-refractivity contribution in [3.8, 4) is 0 Å². The molecule has 1 aromatic rings. The van der Waals surface area contributed by atoms with E-state index >= 15 is 0 Å². The Labute approximate surface area is 85.9 Å². The van der Waals surface area contributed by atoms with Crippen molar-refractivity contribution in [2.75, 3.05) is 14.2 Å². The Morgan fingerprint density at radius 2 is 1.79 bits per heavy atom. The summed E-state index contributed by atoms with van der Waals surface area (Å²) >= 11 is 0. The van der Waals surface area contributed by atoms with E-state index in [2.05, 4.69) is 0 Å². The summed E-state index contributed by atoms with van der Waals surface area (Å²) in [5.74, 6) is 0.627. The first kappa shape index (κ1) is 10.8. The second-order valence-electron chi connectivity index (χ2n) is 2.68. The van der Waals surface area contributed by atoms with Gasteiger partial charge < -0.3 is 14.3 Å². The minimum atomic E-state index is -1.34. The number of rotatable bonds is 4. The maximum atomic E-state index is 9.16. The van der Waals surface area contributed by atoms with E-state index in [0.29, 0.717) is 11.1 Å². The van der Waals surface area contributed by atoms with Crippen LogP contribution in [0.2, 0.25) is 0 Å². The molecule has 0 spiro atoms. The van der Waals surface area contributed by atoms with E-state index in [9.17, 15) is 0 Å². The molecule has 0 aliphatic rings. The zero-order valence-corrected chi connectivity index (χ0v) is 9.77. The van der Waals surface area contributed by atoms with E-state index in [1.807, 2.05) is 30.3 Å². The first-order valence-corrected chi connectivity index (χ1v) is 5.64. The lowest BCUT2D eigenvalue weighted by molar-refractivity contribution is 0.283. The molecule has 76 valence electrons. The predicted octanol–water partition coefficient (Wildman–Crippen LogP) is 0.682. The fourth-order valence-electron chi connectivity index (χ4n) is 1.21. The van der Waals surface area contributed by atoms with Crippen LogP contribution in [0.15, 0.2) is 35.7 Å². The molecule has 14 heavy (non-hydrogen) atoms. The molecule has 0 heterocycles. The van der Waals surface area contributed by atoms with Crippen molar-refractivity contribution in [1.82, 2.24) is 0 Å². The van der Waals surface area contributed by atoms with E-state index < -0.39 is 9.76 Å². The molecule has 0 amide bonds. The lowest BCUT2D eigenvalue weighted by Gasteiger charge is -2.11. The highest BCUT2D eigenvalue weighted by atomic mass is 28.2. The van der Waals surface area contributed by atoms with Gasteiger partial charge in [0.2, 0.25) is 9.76 Å². The number of benzene rings is 1. The van der Waals surface area contributed by atoms with E-state index in [-0.39, 0.29) is 0 Å². The van der Waals surface area contributed by atoms with Crippen LogP contribution in [-0.4, -0.2) is 28.8 Å². The summed E-state index contributed by atoms with van der Waals surface area (Å²) in [6, 6.07) is 9.60. The highest BCUT2D eigenvalue weighted by molar-refractivity contribution is 6.37. The monoisotopic (exact) mass is 210 g/mol. The molecule has 0 saturated carbocycles. The van der Waals surface area contributed by atoms with Gasteiger partial charge in [0.1, 0.15) is 5.38 Å². The number of hydrogen-bond acceptors (Lipinski definition) is 3. The quantitative estimate of drug-likeness (QED) is 0.587. The van der Waals surface area contributed by atoms with Gasteiger partial charge in [-0.2, -0.15) is 0 Å². The van der Waals surface area contributed by atoms with Crippen molar-refractivity contribution in [2.24, 2.45) is 0 Å². The zero-order chi connectivity index (χ0) is 10.4. The van der Waals surface area contributed by atoms with Crippen LogP contribution >= 0.6 is 0 Å². The van der Waals surface area contributed by atoms with Crippen molar-refractivity contribution in [3.63, 3.8) is 0 Å². The van der Waals surface area contributed by atoms with Gasteiger partial charge in [-0.05, 0) is 0 Å². The summed E-state index contributed by atoms with van der Waals surface area (Å²) in [4.78, 5) is 9.16. The second-order valence-corrected chi connectivity index (χ2v) is 3.64. The van der Waals surface area contributed by atoms with Crippen molar-refractivity contribution >= 4 is 15.5 Å². The van der Waals surface area contributed by atoms with E-state index in [0.717, 1.165) is 5.56 Å². The van der Waals surface area contributed by atoms with E-state index in [4.69, 9.17) is 14.3 Å². The Hall–Kier alpha value is -1.26. The third kappa shape index (κ3) is 2.37. The molecule has 4 heteroatoms. The van der Waals surface area contributed by atoms with Crippen LogP contribution in [0.5, 0.6) is 0 Å². The summed E-state index contributed by atoms with van der Waals surface area (Å²) in [5, 5.41) is 0.568. The third-order valence-electron chi connectivity index (χ3n) is 1.88. The molecular formula is C10H14O3Si. The molecule has 0 fully saturated rings. The first-order chi connectivity index (χ1) is 6.83. The minimum Gasteiger partial charge on any atom is -0.500 e. The van der Waals surface area contributed by atoms with Crippen LogP contribution in [0.1, 0.15) is 5.56 Å². The van der Waals surface area contributed by atoms with Crippen LogP contribution in [0, 0.1) is 0 Å². The smallest absolute Gasteiger partial charge is 0.233 e. The molecule has 0 aliphatic carbocycles. The second kappa shape index (κ2) is 5.46. The van der Waals surface area contributed by atoms with E-state index in [1.165, 1.54) is 0 Å². The van der Waals surface area contributed by atoms with Gasteiger partial charge in [0.15, 0.2) is 5.76 Å². The van der Waals surface area contributed by atoms with Crippen molar-refractivity contribution in [2.45, 2.75) is 0 Å². The average molecular weight is 210 g/mol. The van der Waals surface area contributed by atoms with Crippen LogP contribution < -0.4 is 0 Å². The summed E-state index contributed by atoms with van der Waals surface area (Å²) in [7, 11) is 1.78. The maximum Gasteiger partial charge on any atom is 0.233 e. The third-order valence-corrected chi connectivity index (χ3v) is 2.78. The molecule has 0 unspecified atom stereocenters. The van der Waals surface area contributed by atoms with Gasteiger partial charge >= 0.3 is 0 Å². The van der Waals surface area contributed by atoms with Gasteiger partial charge in [-0.15, -0.1) is 0 Å². The molecular weight excluding hydrogens is 196 g/mol. The predicted molar refractivity (Wildman–Crippen MR) is 58.1 cm³/mol. The van der Waals surface area contributed by atoms with Gasteiger partial charge in [0.05, 0.1) is 14.2 Å². The lowest BCUT2D eigenvalue weighted by atomic mass is 10.2. The van der Waals surface area contributed by atoms with Crippen LogP contribution in [-0.2, 0) is 9.47 Å². The summed E-state index contributed by atoms with van der Waals surface area (Å²) in [6.07, 6.45) is 0. The van der Waals surface area contributed by atoms with Crippen LogP contribution in [0.3, 0.4) is 0 Å². The summed E-state index contributed by atoms with van der Waals surface area (Å²) in [6.45, 7) is 0. The number of methoxy groups -OCH3 is 2. The molecule has 1 N–H and O–H groups in total. The summed E-state index contributed by atoms with van der Waals surface area (Å²) in [5.41, 5.74) is 0.924. The summed E-state index contributed by atoms with van der Waals surface area (Å²) < 4.78 is 10.3. The molecule has 3 nitrogen and oxygen atoms in total. The fraction of sp³-hybridized carbons (Fsp3) is 0.200. The zero-order valence-electron chi connectivity index (χ0n) is 8.36. The van der Waals surface area contributed by atoms with Gasteiger partial charge in [0, 0.05) is 5.56 Å². The minimum absolute atomic E-state index is 0.568. The fourth-order valence-corrected chi connectivity index (χ4v) is 1.83. The number of ether oxygens (including phenoxy) is 2. The average Bonchev–Trinajstić information content (AvgIpc) is 2.27. The highest BCUT2D eigenvalue weighted by Crippen LogP contribution is 2.18. The first-order valence-electron chi connectivity index (χ1n) is 4.31. The number of hydrogen-bond donors (Lipinski definition) is 1. The lowest BCUT2D eigenvalue weighted by Crippen LogP contribution is -2.03.